The van der Waals surface area contributed by atoms with Crippen LogP contribution in [0.5, 0.6) is 11.5 Å². The van der Waals surface area contributed by atoms with Gasteiger partial charge >= 0.3 is 0 Å². The predicted molar refractivity (Wildman–Crippen MR) is 81.5 cm³/mol. The second-order valence-electron chi connectivity index (χ2n) is 5.17. The summed E-state index contributed by atoms with van der Waals surface area (Å²) < 4.78 is 16.3. The molecule has 0 fully saturated rings. The van der Waals surface area contributed by atoms with E-state index >= 15 is 0 Å². The molecule has 0 bridgehead atoms. The second kappa shape index (κ2) is 9.61. The zero-order chi connectivity index (χ0) is 14.8. The molecule has 0 heterocycles. The van der Waals surface area contributed by atoms with Crippen molar-refractivity contribution in [1.82, 2.24) is 5.32 Å². The zero-order valence-electron chi connectivity index (χ0n) is 13.1. The van der Waals surface area contributed by atoms with Crippen molar-refractivity contribution in [3.63, 3.8) is 0 Å². The molecule has 0 unspecified atom stereocenters. The molecule has 20 heavy (non-hydrogen) atoms. The molecule has 4 nitrogen and oxygen atoms in total. The van der Waals surface area contributed by atoms with Crippen LogP contribution in [0.4, 0.5) is 0 Å². The Morgan fingerprint density at radius 1 is 1.15 bits per heavy atom. The lowest BCUT2D eigenvalue weighted by molar-refractivity contribution is 0.170. The summed E-state index contributed by atoms with van der Waals surface area (Å²) in [5, 5.41) is 3.43. The molecule has 0 aromatic heterocycles. The molecule has 0 spiro atoms. The van der Waals surface area contributed by atoms with Crippen molar-refractivity contribution in [2.45, 2.75) is 26.8 Å². The molecule has 1 aromatic carbocycles. The van der Waals surface area contributed by atoms with E-state index in [9.17, 15) is 0 Å². The maximum absolute atomic E-state index is 5.87. The van der Waals surface area contributed by atoms with Gasteiger partial charge in [0.2, 0.25) is 0 Å². The number of benzene rings is 1. The molecule has 0 radical (unpaired) electrons. The fraction of sp³-hybridized carbons (Fsp3) is 0.625. The van der Waals surface area contributed by atoms with Crippen molar-refractivity contribution in [3.05, 3.63) is 23.8 Å². The number of hydrogen-bond donors (Lipinski definition) is 1. The Bertz CT molecular complexity index is 380. The van der Waals surface area contributed by atoms with Gasteiger partial charge in [-0.3, -0.25) is 0 Å². The molecular weight excluding hydrogens is 254 g/mol. The predicted octanol–water partition coefficient (Wildman–Crippen LogP) is 2.86. The van der Waals surface area contributed by atoms with Crippen molar-refractivity contribution < 1.29 is 14.2 Å². The van der Waals surface area contributed by atoms with Gasteiger partial charge in [-0.1, -0.05) is 26.0 Å². The summed E-state index contributed by atoms with van der Waals surface area (Å²) in [4.78, 5) is 0. The molecule has 114 valence electrons. The highest BCUT2D eigenvalue weighted by Crippen LogP contribution is 2.31. The van der Waals surface area contributed by atoms with Gasteiger partial charge in [-0.2, -0.15) is 0 Å². The van der Waals surface area contributed by atoms with Crippen molar-refractivity contribution in [3.8, 4) is 11.5 Å². The van der Waals surface area contributed by atoms with Gasteiger partial charge < -0.3 is 19.5 Å². The Kier molecular flexibility index (Phi) is 8.07. The molecule has 0 saturated carbocycles. The summed E-state index contributed by atoms with van der Waals surface area (Å²) in [6, 6.07) is 5.99. The molecule has 0 saturated heterocycles. The highest BCUT2D eigenvalue weighted by molar-refractivity contribution is 5.46. The van der Waals surface area contributed by atoms with Crippen LogP contribution in [0.2, 0.25) is 0 Å². The first-order valence-electron chi connectivity index (χ1n) is 7.17. The van der Waals surface area contributed by atoms with Gasteiger partial charge in [-0.05, 0) is 18.5 Å². The third kappa shape index (κ3) is 5.80. The largest absolute Gasteiger partial charge is 0.493 e. The topological polar surface area (TPSA) is 39.7 Å². The van der Waals surface area contributed by atoms with Gasteiger partial charge in [0.1, 0.15) is 0 Å². The average molecular weight is 281 g/mol. The van der Waals surface area contributed by atoms with Gasteiger partial charge in [0.15, 0.2) is 11.5 Å². The van der Waals surface area contributed by atoms with Crippen LogP contribution in [0.3, 0.4) is 0 Å². The summed E-state index contributed by atoms with van der Waals surface area (Å²) in [5.74, 6) is 2.25. The van der Waals surface area contributed by atoms with E-state index in [1.165, 1.54) is 0 Å². The number of nitrogens with one attached hydrogen (secondary N) is 1. The van der Waals surface area contributed by atoms with Crippen LogP contribution >= 0.6 is 0 Å². The SMILES string of the molecule is COCCCOc1c(CNCC(C)C)cccc1OC. The Hall–Kier alpha value is -1.26. The number of hydrogen-bond acceptors (Lipinski definition) is 4. The molecule has 1 N–H and O–H groups in total. The minimum atomic E-state index is 0.630. The van der Waals surface area contributed by atoms with Crippen LogP contribution in [0, 0.1) is 5.92 Å². The Balaban J connectivity index is 2.65. The van der Waals surface area contributed by atoms with Crippen LogP contribution in [-0.2, 0) is 11.3 Å². The first-order chi connectivity index (χ1) is 9.69. The fourth-order valence-electron chi connectivity index (χ4n) is 1.90. The van der Waals surface area contributed by atoms with Crippen LogP contribution in [-0.4, -0.2) is 34.0 Å². The normalized spacial score (nSPS) is 10.8. The lowest BCUT2D eigenvalue weighted by Gasteiger charge is -2.16. The van der Waals surface area contributed by atoms with E-state index in [2.05, 4.69) is 25.2 Å². The maximum Gasteiger partial charge on any atom is 0.165 e. The summed E-state index contributed by atoms with van der Waals surface area (Å²) >= 11 is 0. The highest BCUT2D eigenvalue weighted by atomic mass is 16.5. The molecule has 0 aliphatic rings. The Labute approximate surface area is 122 Å². The fourth-order valence-corrected chi connectivity index (χ4v) is 1.90. The average Bonchev–Trinajstić information content (AvgIpc) is 2.44. The Morgan fingerprint density at radius 2 is 1.95 bits per heavy atom. The second-order valence-corrected chi connectivity index (χ2v) is 5.17. The van der Waals surface area contributed by atoms with E-state index in [4.69, 9.17) is 14.2 Å². The quantitative estimate of drug-likeness (QED) is 0.669. The van der Waals surface area contributed by atoms with E-state index in [0.717, 1.165) is 36.6 Å². The molecule has 0 aliphatic carbocycles. The van der Waals surface area contributed by atoms with E-state index in [1.54, 1.807) is 14.2 Å². The summed E-state index contributed by atoms with van der Waals surface area (Å²) in [5.41, 5.74) is 1.13. The van der Waals surface area contributed by atoms with Crippen LogP contribution in [0.25, 0.3) is 0 Å². The molecule has 0 atom stereocenters. The summed E-state index contributed by atoms with van der Waals surface area (Å²) in [7, 11) is 3.37. The van der Waals surface area contributed by atoms with E-state index in [1.807, 2.05) is 12.1 Å². The van der Waals surface area contributed by atoms with Gasteiger partial charge in [0.25, 0.3) is 0 Å². The van der Waals surface area contributed by atoms with Gasteiger partial charge in [-0.25, -0.2) is 0 Å². The highest BCUT2D eigenvalue weighted by Gasteiger charge is 2.10. The molecule has 1 aromatic rings. The third-order valence-corrected chi connectivity index (χ3v) is 2.89. The van der Waals surface area contributed by atoms with Gasteiger partial charge in [0.05, 0.1) is 13.7 Å². The van der Waals surface area contributed by atoms with Crippen LogP contribution < -0.4 is 14.8 Å². The molecule has 1 rings (SSSR count). The summed E-state index contributed by atoms with van der Waals surface area (Å²) in [6.07, 6.45) is 0.868. The standard InChI is InChI=1S/C16H27NO3/c1-13(2)11-17-12-14-7-5-8-15(19-4)16(14)20-10-6-9-18-3/h5,7-8,13,17H,6,9-12H2,1-4H3. The van der Waals surface area contributed by atoms with Gasteiger partial charge in [-0.15, -0.1) is 0 Å². The minimum Gasteiger partial charge on any atom is -0.493 e. The molecule has 0 amide bonds. The first kappa shape index (κ1) is 16.8. The number of rotatable bonds is 10. The maximum atomic E-state index is 5.87. The molecule has 0 aliphatic heterocycles. The number of para-hydroxylation sites is 1. The van der Waals surface area contributed by atoms with E-state index in [0.29, 0.717) is 19.1 Å². The van der Waals surface area contributed by atoms with Crippen LogP contribution in [0.1, 0.15) is 25.8 Å². The van der Waals surface area contributed by atoms with Crippen molar-refractivity contribution in [1.29, 1.82) is 0 Å². The third-order valence-electron chi connectivity index (χ3n) is 2.89. The minimum absolute atomic E-state index is 0.630. The molecular formula is C16H27NO3. The summed E-state index contributed by atoms with van der Waals surface area (Å²) in [6.45, 7) is 7.50. The zero-order valence-corrected chi connectivity index (χ0v) is 13.1. The van der Waals surface area contributed by atoms with E-state index in [-0.39, 0.29) is 0 Å². The number of methoxy groups -OCH3 is 2. The van der Waals surface area contributed by atoms with Crippen LogP contribution in [0.15, 0.2) is 18.2 Å². The first-order valence-corrected chi connectivity index (χ1v) is 7.17. The lowest BCUT2D eigenvalue weighted by Crippen LogP contribution is -2.19. The van der Waals surface area contributed by atoms with Crippen molar-refractivity contribution in [2.75, 3.05) is 34.0 Å². The monoisotopic (exact) mass is 281 g/mol. The van der Waals surface area contributed by atoms with Crippen molar-refractivity contribution >= 4 is 0 Å². The smallest absolute Gasteiger partial charge is 0.165 e. The Morgan fingerprint density at radius 3 is 2.60 bits per heavy atom. The molecule has 4 heteroatoms. The lowest BCUT2D eigenvalue weighted by atomic mass is 10.1. The van der Waals surface area contributed by atoms with Gasteiger partial charge in [0, 0.05) is 32.2 Å². The van der Waals surface area contributed by atoms with E-state index < -0.39 is 0 Å². The number of ether oxygens (including phenoxy) is 3. The van der Waals surface area contributed by atoms with Crippen molar-refractivity contribution in [2.24, 2.45) is 5.92 Å².